The summed E-state index contributed by atoms with van der Waals surface area (Å²) in [5.41, 5.74) is 2.77. The number of hydrogen-bond donors (Lipinski definition) is 0. The summed E-state index contributed by atoms with van der Waals surface area (Å²) in [7, 11) is 0. The predicted molar refractivity (Wildman–Crippen MR) is 50.7 cm³/mol. The van der Waals surface area contributed by atoms with Crippen LogP contribution in [0.4, 0.5) is 0 Å². The van der Waals surface area contributed by atoms with E-state index in [9.17, 15) is 0 Å². The van der Waals surface area contributed by atoms with Gasteiger partial charge in [0.15, 0.2) is 0 Å². The molecule has 0 saturated heterocycles. The topological polar surface area (TPSA) is 0 Å². The van der Waals surface area contributed by atoms with E-state index in [2.05, 4.69) is 42.5 Å². The molecule has 16 heavy (non-hydrogen) atoms. The van der Waals surface area contributed by atoms with Crippen molar-refractivity contribution in [3.63, 3.8) is 0 Å². The second-order valence-corrected chi connectivity index (χ2v) is 3.02. The summed E-state index contributed by atoms with van der Waals surface area (Å²) in [4.78, 5) is 0. The first-order valence-electron chi connectivity index (χ1n) is 4.25. The van der Waals surface area contributed by atoms with Crippen molar-refractivity contribution in [2.75, 3.05) is 0 Å². The van der Waals surface area contributed by atoms with E-state index >= 15 is 0 Å². The molecule has 0 atom stereocenters. The molecule has 0 amide bonds. The van der Waals surface area contributed by atoms with Crippen LogP contribution in [-0.2, 0) is 28.1 Å². The Kier molecular flexibility index (Phi) is 15.8. The van der Waals surface area contributed by atoms with Crippen molar-refractivity contribution in [3.8, 4) is 0 Å². The van der Waals surface area contributed by atoms with Crippen molar-refractivity contribution in [2.45, 2.75) is 12.8 Å². The van der Waals surface area contributed by atoms with Gasteiger partial charge in [-0.3, -0.25) is 6.08 Å². The second kappa shape index (κ2) is 11.8. The average molecular weight is 309 g/mol. The van der Waals surface area contributed by atoms with E-state index in [0.717, 1.165) is 12.8 Å². The number of allylic oxidation sites excluding steroid dienone is 4. The number of benzene rings is 1. The Labute approximate surface area is 131 Å². The van der Waals surface area contributed by atoms with Crippen molar-refractivity contribution in [1.29, 1.82) is 0 Å². The van der Waals surface area contributed by atoms with E-state index in [-0.39, 0.29) is 58.9 Å². The molecule has 0 unspecified atom stereocenters. The summed E-state index contributed by atoms with van der Waals surface area (Å²) < 4.78 is 0. The minimum atomic E-state index is 0. The van der Waals surface area contributed by atoms with E-state index in [1.54, 1.807) is 0 Å². The molecular formula is C12H11Cl3Ti. The molecule has 0 nitrogen and oxygen atoms in total. The first-order chi connectivity index (χ1) is 5.95. The Balaban J connectivity index is -0.000000422. The monoisotopic (exact) mass is 308 g/mol. The Morgan fingerprint density at radius 1 is 1.00 bits per heavy atom. The van der Waals surface area contributed by atoms with Crippen LogP contribution in [0.5, 0.6) is 0 Å². The van der Waals surface area contributed by atoms with E-state index in [4.69, 9.17) is 0 Å². The first-order valence-corrected chi connectivity index (χ1v) is 4.25. The predicted octanol–water partition coefficient (Wildman–Crippen LogP) is -6.07. The van der Waals surface area contributed by atoms with Crippen LogP contribution in [-0.4, -0.2) is 0 Å². The number of halogens is 3. The summed E-state index contributed by atoms with van der Waals surface area (Å²) in [5.74, 6) is 0. The van der Waals surface area contributed by atoms with Crippen LogP contribution < -0.4 is 37.2 Å². The molecule has 0 fully saturated rings. The third-order valence-corrected chi connectivity index (χ3v) is 2.03. The van der Waals surface area contributed by atoms with E-state index < -0.39 is 0 Å². The quantitative estimate of drug-likeness (QED) is 0.377. The summed E-state index contributed by atoms with van der Waals surface area (Å²) in [6, 6.07) is 10.5. The van der Waals surface area contributed by atoms with Gasteiger partial charge in [0, 0.05) is 0 Å². The van der Waals surface area contributed by atoms with Crippen LogP contribution in [0.3, 0.4) is 0 Å². The van der Waals surface area contributed by atoms with Gasteiger partial charge in [0.2, 0.25) is 0 Å². The fourth-order valence-corrected chi connectivity index (χ4v) is 1.40. The molecule has 1 aromatic rings. The van der Waals surface area contributed by atoms with Gasteiger partial charge in [-0.15, -0.1) is 0 Å². The molecule has 0 saturated carbocycles. The molecular weight excluding hydrogens is 298 g/mol. The Bertz CT molecular complexity index is 320. The molecule has 0 aromatic heterocycles. The van der Waals surface area contributed by atoms with Gasteiger partial charge < -0.3 is 37.2 Å². The van der Waals surface area contributed by atoms with Crippen LogP contribution in [0.25, 0.3) is 0 Å². The molecule has 1 aromatic carbocycles. The van der Waals surface area contributed by atoms with Gasteiger partial charge >= 0.3 is 21.7 Å². The minimum absolute atomic E-state index is 0. The minimum Gasteiger partial charge on any atom is -1.00 e. The van der Waals surface area contributed by atoms with Crippen molar-refractivity contribution in [3.05, 3.63) is 59.7 Å². The van der Waals surface area contributed by atoms with Gasteiger partial charge in [0.05, 0.1) is 0 Å². The van der Waals surface area contributed by atoms with Gasteiger partial charge in [-0.1, -0.05) is 36.8 Å². The molecule has 0 radical (unpaired) electrons. The summed E-state index contributed by atoms with van der Waals surface area (Å²) in [6.45, 7) is 0. The van der Waals surface area contributed by atoms with Crippen molar-refractivity contribution < 1.29 is 58.9 Å². The second-order valence-electron chi connectivity index (χ2n) is 3.02. The maximum atomic E-state index is 3.24. The van der Waals surface area contributed by atoms with Crippen molar-refractivity contribution in [1.82, 2.24) is 0 Å². The molecule has 0 N–H and O–H groups in total. The zero-order valence-corrected chi connectivity index (χ0v) is 12.4. The van der Waals surface area contributed by atoms with Crippen LogP contribution in [0, 0.1) is 6.08 Å². The molecule has 84 valence electrons. The van der Waals surface area contributed by atoms with Crippen LogP contribution >= 0.6 is 0 Å². The van der Waals surface area contributed by atoms with E-state index in [1.165, 1.54) is 11.1 Å². The van der Waals surface area contributed by atoms with Gasteiger partial charge in [0.25, 0.3) is 0 Å². The van der Waals surface area contributed by atoms with Crippen LogP contribution in [0.15, 0.2) is 48.1 Å². The number of hydrogen-bond acceptors (Lipinski definition) is 0. The number of rotatable bonds is 2. The van der Waals surface area contributed by atoms with Crippen molar-refractivity contribution in [2.24, 2.45) is 0 Å². The standard InChI is InChI=1S/C12H11.3ClH.Ti/c1-2-6-11(7-3-1)10-12-8-4-5-9-12;;;;/h1-7H,8,10H2;3*1H;/q-1;;;;+4/p-3. The zero-order chi connectivity index (χ0) is 8.23. The van der Waals surface area contributed by atoms with E-state index in [0.29, 0.717) is 0 Å². The Morgan fingerprint density at radius 3 is 2.12 bits per heavy atom. The van der Waals surface area contributed by atoms with Crippen molar-refractivity contribution >= 4 is 0 Å². The molecule has 0 aliphatic heterocycles. The zero-order valence-electron chi connectivity index (χ0n) is 8.59. The maximum absolute atomic E-state index is 3.24. The summed E-state index contributed by atoms with van der Waals surface area (Å²) in [5, 5.41) is 0. The fraction of sp³-hybridized carbons (Fsp3) is 0.167. The fourth-order valence-electron chi connectivity index (χ4n) is 1.40. The summed E-state index contributed by atoms with van der Waals surface area (Å²) >= 11 is 0. The molecule has 0 spiro atoms. The van der Waals surface area contributed by atoms with Gasteiger partial charge in [0.1, 0.15) is 0 Å². The SMILES string of the molecule is [C-]1=C(Cc2ccccc2)CC=C1.[Cl-].[Cl-].[Cl-].[Ti+4]. The third-order valence-electron chi connectivity index (χ3n) is 2.03. The van der Waals surface area contributed by atoms with Gasteiger partial charge in [-0.25, -0.2) is 12.2 Å². The molecule has 2 rings (SSSR count). The smallest absolute Gasteiger partial charge is 1.00 e. The third kappa shape index (κ3) is 6.78. The van der Waals surface area contributed by atoms with Crippen LogP contribution in [0.2, 0.25) is 0 Å². The molecule has 0 heterocycles. The Hall–Kier alpha value is 0.284. The largest absolute Gasteiger partial charge is 4.00 e. The van der Waals surface area contributed by atoms with Gasteiger partial charge in [-0.05, 0) is 12.0 Å². The van der Waals surface area contributed by atoms with E-state index in [1.807, 2.05) is 6.08 Å². The van der Waals surface area contributed by atoms with Crippen LogP contribution in [0.1, 0.15) is 12.0 Å². The summed E-state index contributed by atoms with van der Waals surface area (Å²) in [6.07, 6.45) is 9.53. The molecule has 1 aliphatic rings. The molecule has 4 heteroatoms. The Morgan fingerprint density at radius 2 is 1.62 bits per heavy atom. The maximum Gasteiger partial charge on any atom is 4.00 e. The first kappa shape index (κ1) is 21.6. The molecule has 0 bridgehead atoms. The molecule has 1 aliphatic carbocycles. The van der Waals surface area contributed by atoms with Gasteiger partial charge in [-0.2, -0.15) is 5.57 Å². The normalized spacial score (nSPS) is 11.1. The average Bonchev–Trinajstić information content (AvgIpc) is 2.59.